The van der Waals surface area contributed by atoms with E-state index in [4.69, 9.17) is 13.9 Å². The Labute approximate surface area is 196 Å². The second kappa shape index (κ2) is 7.65. The molecule has 2 aromatic heterocycles. The van der Waals surface area contributed by atoms with E-state index < -0.39 is 0 Å². The standard InChI is InChI=1S/C27H26N2O5/c1-27(2)10-8-19-21(34-27)13-22(24-17-4-3-5-18(17)26(31)33-25(19)24)32-14-23(30)29-16-6-7-20-15(12-16)9-11-28-20/h6-7,9,11-13,28H,3-5,8,10,14H2,1-2H3,(H,29,30). The Morgan fingerprint density at radius 1 is 1.12 bits per heavy atom. The van der Waals surface area contributed by atoms with Crippen LogP contribution in [0.1, 0.15) is 43.4 Å². The van der Waals surface area contributed by atoms with Gasteiger partial charge in [-0.25, -0.2) is 4.79 Å². The van der Waals surface area contributed by atoms with Gasteiger partial charge >= 0.3 is 5.63 Å². The van der Waals surface area contributed by atoms with Crippen LogP contribution in [0.15, 0.2) is 45.7 Å². The van der Waals surface area contributed by atoms with Crippen molar-refractivity contribution >= 4 is 33.5 Å². The Morgan fingerprint density at radius 2 is 1.97 bits per heavy atom. The van der Waals surface area contributed by atoms with Gasteiger partial charge in [0.2, 0.25) is 0 Å². The topological polar surface area (TPSA) is 93.6 Å². The number of aromatic amines is 1. The van der Waals surface area contributed by atoms with Gasteiger partial charge in [-0.15, -0.1) is 0 Å². The minimum atomic E-state index is -0.330. The van der Waals surface area contributed by atoms with Crippen molar-refractivity contribution in [3.63, 3.8) is 0 Å². The van der Waals surface area contributed by atoms with E-state index in [1.165, 1.54) is 0 Å². The van der Waals surface area contributed by atoms with E-state index in [2.05, 4.69) is 10.3 Å². The van der Waals surface area contributed by atoms with Crippen LogP contribution >= 0.6 is 0 Å². The molecule has 0 unspecified atom stereocenters. The molecule has 1 amide bonds. The molecule has 34 heavy (non-hydrogen) atoms. The lowest BCUT2D eigenvalue weighted by atomic mass is 9.91. The molecule has 4 aromatic rings. The number of aromatic nitrogens is 1. The first-order chi connectivity index (χ1) is 16.4. The Kier molecular flexibility index (Phi) is 4.69. The van der Waals surface area contributed by atoms with Crippen molar-refractivity contribution in [2.24, 2.45) is 0 Å². The van der Waals surface area contributed by atoms with E-state index in [0.29, 0.717) is 29.2 Å². The summed E-state index contributed by atoms with van der Waals surface area (Å²) in [6.07, 6.45) is 5.84. The molecule has 0 atom stereocenters. The van der Waals surface area contributed by atoms with Crippen LogP contribution in [0, 0.1) is 0 Å². The molecule has 0 fully saturated rings. The number of amides is 1. The van der Waals surface area contributed by atoms with E-state index in [0.717, 1.165) is 58.7 Å². The van der Waals surface area contributed by atoms with Crippen molar-refractivity contribution < 1.29 is 18.7 Å². The van der Waals surface area contributed by atoms with Gasteiger partial charge in [0.15, 0.2) is 6.61 Å². The SMILES string of the molecule is CC1(C)CCc2c(cc(OCC(=O)Nc3ccc4[nH]ccc4c3)c3c4c(c(=O)oc23)CCC4)O1. The molecule has 7 heteroatoms. The van der Waals surface area contributed by atoms with Gasteiger partial charge in [-0.2, -0.15) is 0 Å². The summed E-state index contributed by atoms with van der Waals surface area (Å²) in [6.45, 7) is 3.90. The summed E-state index contributed by atoms with van der Waals surface area (Å²) in [4.78, 5) is 28.5. The molecule has 0 spiro atoms. The van der Waals surface area contributed by atoms with Crippen LogP contribution in [0.25, 0.3) is 21.9 Å². The van der Waals surface area contributed by atoms with Gasteiger partial charge in [0.1, 0.15) is 22.7 Å². The predicted octanol–water partition coefficient (Wildman–Crippen LogP) is 4.88. The molecule has 6 rings (SSSR count). The molecule has 174 valence electrons. The van der Waals surface area contributed by atoms with Crippen LogP contribution in [-0.2, 0) is 24.1 Å². The number of hydrogen-bond acceptors (Lipinski definition) is 5. The number of carbonyl (C=O) groups excluding carboxylic acids is 1. The van der Waals surface area contributed by atoms with Crippen LogP contribution in [0.3, 0.4) is 0 Å². The van der Waals surface area contributed by atoms with E-state index in [9.17, 15) is 9.59 Å². The normalized spacial score (nSPS) is 16.2. The first-order valence-electron chi connectivity index (χ1n) is 11.7. The molecule has 0 saturated carbocycles. The molecule has 0 radical (unpaired) electrons. The zero-order valence-electron chi connectivity index (χ0n) is 19.2. The maximum atomic E-state index is 12.7. The van der Waals surface area contributed by atoms with Crippen LogP contribution in [0.2, 0.25) is 0 Å². The Balaban J connectivity index is 1.34. The second-order valence-electron chi connectivity index (χ2n) is 9.73. The molecule has 0 saturated heterocycles. The Morgan fingerprint density at radius 3 is 2.85 bits per heavy atom. The quantitative estimate of drug-likeness (QED) is 0.425. The highest BCUT2D eigenvalue weighted by atomic mass is 16.5. The van der Waals surface area contributed by atoms with Gasteiger partial charge in [0.05, 0.1) is 5.39 Å². The van der Waals surface area contributed by atoms with Gasteiger partial charge in [0, 0.05) is 40.0 Å². The highest BCUT2D eigenvalue weighted by molar-refractivity contribution is 5.96. The van der Waals surface area contributed by atoms with Crippen LogP contribution < -0.4 is 20.4 Å². The number of ether oxygens (including phenoxy) is 2. The fourth-order valence-corrected chi connectivity index (χ4v) is 5.14. The maximum absolute atomic E-state index is 12.7. The summed E-state index contributed by atoms with van der Waals surface area (Å²) in [5.74, 6) is 0.902. The van der Waals surface area contributed by atoms with E-state index in [1.54, 1.807) is 0 Å². The number of nitrogens with one attached hydrogen (secondary N) is 2. The van der Waals surface area contributed by atoms with Gasteiger partial charge in [-0.3, -0.25) is 4.79 Å². The van der Waals surface area contributed by atoms with Crippen LogP contribution in [0.4, 0.5) is 5.69 Å². The largest absolute Gasteiger partial charge is 0.487 e. The van der Waals surface area contributed by atoms with Crippen molar-refractivity contribution in [3.05, 3.63) is 63.6 Å². The van der Waals surface area contributed by atoms with Crippen molar-refractivity contribution in [2.45, 2.75) is 51.6 Å². The van der Waals surface area contributed by atoms with Crippen LogP contribution in [0.5, 0.6) is 11.5 Å². The predicted molar refractivity (Wildman–Crippen MR) is 130 cm³/mol. The average molecular weight is 459 g/mol. The fourth-order valence-electron chi connectivity index (χ4n) is 5.14. The van der Waals surface area contributed by atoms with Gasteiger partial charge in [0.25, 0.3) is 5.91 Å². The summed E-state index contributed by atoms with van der Waals surface area (Å²) >= 11 is 0. The molecule has 7 nitrogen and oxygen atoms in total. The number of rotatable bonds is 4. The third kappa shape index (κ3) is 3.52. The second-order valence-corrected chi connectivity index (χ2v) is 9.73. The molecule has 2 N–H and O–H groups in total. The first kappa shape index (κ1) is 20.8. The number of anilines is 1. The molecular formula is C27H26N2O5. The lowest BCUT2D eigenvalue weighted by Crippen LogP contribution is -2.32. The molecule has 2 aromatic carbocycles. The summed E-state index contributed by atoms with van der Waals surface area (Å²) in [5, 5.41) is 4.72. The monoisotopic (exact) mass is 458 g/mol. The highest BCUT2D eigenvalue weighted by Gasteiger charge is 2.32. The van der Waals surface area contributed by atoms with Crippen molar-refractivity contribution in [1.82, 2.24) is 4.98 Å². The van der Waals surface area contributed by atoms with E-state index >= 15 is 0 Å². The highest BCUT2D eigenvalue weighted by Crippen LogP contribution is 2.44. The lowest BCUT2D eigenvalue weighted by Gasteiger charge is -2.33. The van der Waals surface area contributed by atoms with Crippen molar-refractivity contribution in [2.75, 3.05) is 11.9 Å². The Bertz CT molecular complexity index is 1510. The summed E-state index contributed by atoms with van der Waals surface area (Å²) in [7, 11) is 0. The third-order valence-corrected chi connectivity index (χ3v) is 6.83. The number of benzene rings is 2. The summed E-state index contributed by atoms with van der Waals surface area (Å²) in [6, 6.07) is 9.50. The molecule has 2 aliphatic rings. The lowest BCUT2D eigenvalue weighted by molar-refractivity contribution is -0.118. The first-order valence-corrected chi connectivity index (χ1v) is 11.7. The number of hydrogen-bond donors (Lipinski definition) is 2. The molecule has 0 bridgehead atoms. The van der Waals surface area contributed by atoms with Crippen molar-refractivity contribution in [1.29, 1.82) is 0 Å². The van der Waals surface area contributed by atoms with E-state index in [-0.39, 0.29) is 23.7 Å². The van der Waals surface area contributed by atoms with Gasteiger partial charge < -0.3 is 24.2 Å². The Hall–Kier alpha value is -3.74. The van der Waals surface area contributed by atoms with E-state index in [1.807, 2.05) is 50.4 Å². The summed E-state index contributed by atoms with van der Waals surface area (Å²) < 4.78 is 18.1. The number of fused-ring (bicyclic) bond motifs is 6. The molecule has 3 heterocycles. The zero-order chi connectivity index (χ0) is 23.4. The van der Waals surface area contributed by atoms with Crippen LogP contribution in [-0.4, -0.2) is 23.1 Å². The molecule has 1 aliphatic heterocycles. The zero-order valence-corrected chi connectivity index (χ0v) is 19.2. The smallest absolute Gasteiger partial charge is 0.339 e. The van der Waals surface area contributed by atoms with Crippen molar-refractivity contribution in [3.8, 4) is 11.5 Å². The average Bonchev–Trinajstić information content (AvgIpc) is 3.46. The maximum Gasteiger partial charge on any atom is 0.339 e. The molecule has 1 aliphatic carbocycles. The van der Waals surface area contributed by atoms with Gasteiger partial charge in [-0.05, 0) is 75.8 Å². The number of aryl methyl sites for hydroxylation is 2. The fraction of sp³-hybridized carbons (Fsp3) is 0.333. The number of H-pyrrole nitrogens is 1. The molecular weight excluding hydrogens is 432 g/mol. The third-order valence-electron chi connectivity index (χ3n) is 6.83. The summed E-state index contributed by atoms with van der Waals surface area (Å²) in [5.41, 5.74) is 4.24. The minimum absolute atomic E-state index is 0.170. The van der Waals surface area contributed by atoms with Gasteiger partial charge in [-0.1, -0.05) is 0 Å². The number of carbonyl (C=O) groups is 1. The minimum Gasteiger partial charge on any atom is -0.487 e.